The second-order valence-corrected chi connectivity index (χ2v) is 6.37. The molecule has 0 amide bonds. The summed E-state index contributed by atoms with van der Waals surface area (Å²) in [7, 11) is 1.66. The van der Waals surface area contributed by atoms with Gasteiger partial charge < -0.3 is 9.64 Å². The van der Waals surface area contributed by atoms with Crippen molar-refractivity contribution >= 4 is 17.3 Å². The number of benzene rings is 1. The van der Waals surface area contributed by atoms with E-state index < -0.39 is 0 Å². The first-order chi connectivity index (χ1) is 9.69. The molecule has 0 saturated carbocycles. The van der Waals surface area contributed by atoms with Gasteiger partial charge in [-0.1, -0.05) is 18.0 Å². The van der Waals surface area contributed by atoms with Gasteiger partial charge in [-0.2, -0.15) is 0 Å². The molecule has 3 nitrogen and oxygen atoms in total. The second kappa shape index (κ2) is 5.82. The molecule has 2 fully saturated rings. The fourth-order valence-electron chi connectivity index (χ4n) is 3.55. The van der Waals surface area contributed by atoms with E-state index in [0.717, 1.165) is 18.8 Å². The van der Waals surface area contributed by atoms with Gasteiger partial charge >= 0.3 is 0 Å². The lowest BCUT2D eigenvalue weighted by molar-refractivity contribution is 0.115. The molecule has 2 aliphatic heterocycles. The molecule has 0 aliphatic carbocycles. The molecular formula is C16H23ClN2O. The fourth-order valence-corrected chi connectivity index (χ4v) is 3.80. The lowest BCUT2D eigenvalue weighted by atomic mass is 9.96. The number of halogens is 1. The number of fused-ring (bicyclic) bond motifs is 1. The molecule has 3 rings (SSSR count). The number of methoxy groups -OCH3 is 1. The van der Waals surface area contributed by atoms with Crippen molar-refractivity contribution < 1.29 is 4.74 Å². The maximum atomic E-state index is 6.27. The van der Waals surface area contributed by atoms with Crippen LogP contribution in [0.3, 0.4) is 0 Å². The number of hydrogen-bond donors (Lipinski definition) is 0. The van der Waals surface area contributed by atoms with E-state index in [9.17, 15) is 0 Å². The molecule has 1 aromatic rings. The minimum atomic E-state index is 0.536. The molecule has 20 heavy (non-hydrogen) atoms. The molecule has 0 bridgehead atoms. The molecule has 2 atom stereocenters. The van der Waals surface area contributed by atoms with Gasteiger partial charge in [-0.3, -0.25) is 4.90 Å². The van der Waals surface area contributed by atoms with Gasteiger partial charge in [0.1, 0.15) is 5.75 Å². The van der Waals surface area contributed by atoms with Gasteiger partial charge in [0.25, 0.3) is 0 Å². The Labute approximate surface area is 126 Å². The van der Waals surface area contributed by atoms with E-state index in [-0.39, 0.29) is 0 Å². The van der Waals surface area contributed by atoms with E-state index in [1.165, 1.54) is 31.5 Å². The third-order valence-corrected chi connectivity index (χ3v) is 4.95. The summed E-state index contributed by atoms with van der Waals surface area (Å²) in [6, 6.07) is 7.38. The van der Waals surface area contributed by atoms with Gasteiger partial charge in [0, 0.05) is 30.9 Å². The maximum absolute atomic E-state index is 6.27. The van der Waals surface area contributed by atoms with Crippen LogP contribution in [0.5, 0.6) is 5.75 Å². The number of ether oxygens (including phenoxy) is 1. The highest BCUT2D eigenvalue weighted by molar-refractivity contribution is 6.32. The van der Waals surface area contributed by atoms with E-state index in [1.807, 2.05) is 12.1 Å². The van der Waals surface area contributed by atoms with Crippen LogP contribution in [0.4, 0.5) is 5.69 Å². The monoisotopic (exact) mass is 294 g/mol. The second-order valence-electron chi connectivity index (χ2n) is 5.96. The van der Waals surface area contributed by atoms with Crippen molar-refractivity contribution in [1.29, 1.82) is 0 Å². The summed E-state index contributed by atoms with van der Waals surface area (Å²) in [4.78, 5) is 5.16. The highest BCUT2D eigenvalue weighted by atomic mass is 35.5. The van der Waals surface area contributed by atoms with E-state index in [1.54, 1.807) is 7.11 Å². The van der Waals surface area contributed by atoms with Crippen molar-refractivity contribution in [3.63, 3.8) is 0 Å². The quantitative estimate of drug-likeness (QED) is 0.831. The molecule has 4 heteroatoms. The molecular weight excluding hydrogens is 272 g/mol. The van der Waals surface area contributed by atoms with Crippen LogP contribution in [0, 0.1) is 0 Å². The molecule has 110 valence electrons. The highest BCUT2D eigenvalue weighted by Gasteiger charge is 2.33. The standard InChI is InChI=1S/C16H23ClN2O/c1-12-10-18-8-4-3-5-14(18)11-19(12)13-6-7-16(20-2)15(17)9-13/h6-7,9,12,14H,3-5,8,10-11H2,1-2H3. The van der Waals surface area contributed by atoms with Gasteiger partial charge in [0.2, 0.25) is 0 Å². The Morgan fingerprint density at radius 3 is 2.85 bits per heavy atom. The van der Waals surface area contributed by atoms with E-state index in [2.05, 4.69) is 22.8 Å². The Bertz CT molecular complexity index is 480. The summed E-state index contributed by atoms with van der Waals surface area (Å²) in [6.45, 7) is 5.85. The van der Waals surface area contributed by atoms with Crippen LogP contribution in [0.1, 0.15) is 26.2 Å². The third-order valence-electron chi connectivity index (χ3n) is 4.65. The molecule has 1 aromatic carbocycles. The molecule has 0 radical (unpaired) electrons. The van der Waals surface area contributed by atoms with Gasteiger partial charge in [0.15, 0.2) is 0 Å². The molecule has 0 spiro atoms. The number of anilines is 1. The Kier molecular flexibility index (Phi) is 4.08. The predicted molar refractivity (Wildman–Crippen MR) is 84.0 cm³/mol. The van der Waals surface area contributed by atoms with Crippen LogP contribution >= 0.6 is 11.6 Å². The Hall–Kier alpha value is -0.930. The van der Waals surface area contributed by atoms with Crippen molar-refractivity contribution in [2.75, 3.05) is 31.6 Å². The maximum Gasteiger partial charge on any atom is 0.137 e. The topological polar surface area (TPSA) is 15.7 Å². The van der Waals surface area contributed by atoms with E-state index in [0.29, 0.717) is 17.1 Å². The summed E-state index contributed by atoms with van der Waals surface area (Å²) < 4.78 is 5.24. The van der Waals surface area contributed by atoms with Crippen molar-refractivity contribution in [2.24, 2.45) is 0 Å². The molecule has 2 heterocycles. The smallest absolute Gasteiger partial charge is 0.137 e. The zero-order chi connectivity index (χ0) is 14.1. The lowest BCUT2D eigenvalue weighted by Crippen LogP contribution is -2.58. The number of rotatable bonds is 2. The van der Waals surface area contributed by atoms with Crippen LogP contribution in [0.15, 0.2) is 18.2 Å². The zero-order valence-corrected chi connectivity index (χ0v) is 13.1. The number of piperazine rings is 1. The van der Waals surface area contributed by atoms with Gasteiger partial charge in [-0.25, -0.2) is 0 Å². The summed E-state index contributed by atoms with van der Waals surface area (Å²) in [6.07, 6.45) is 4.05. The molecule has 2 unspecified atom stereocenters. The minimum absolute atomic E-state index is 0.536. The summed E-state index contributed by atoms with van der Waals surface area (Å²) >= 11 is 6.27. The Balaban J connectivity index is 1.80. The number of nitrogens with zero attached hydrogens (tertiary/aromatic N) is 2. The SMILES string of the molecule is COc1ccc(N2CC3CCCCN3CC2C)cc1Cl. The first kappa shape index (κ1) is 14.0. The van der Waals surface area contributed by atoms with Crippen LogP contribution in [0.25, 0.3) is 0 Å². The molecule has 2 saturated heterocycles. The molecule has 0 N–H and O–H groups in total. The predicted octanol–water partition coefficient (Wildman–Crippen LogP) is 3.41. The third kappa shape index (κ3) is 2.61. The number of hydrogen-bond acceptors (Lipinski definition) is 3. The number of piperidine rings is 1. The van der Waals surface area contributed by atoms with Gasteiger partial charge in [0.05, 0.1) is 12.1 Å². The van der Waals surface area contributed by atoms with Gasteiger partial charge in [-0.15, -0.1) is 0 Å². The fraction of sp³-hybridized carbons (Fsp3) is 0.625. The van der Waals surface area contributed by atoms with Crippen LogP contribution in [-0.4, -0.2) is 43.7 Å². The summed E-state index contributed by atoms with van der Waals surface area (Å²) in [5.41, 5.74) is 1.22. The largest absolute Gasteiger partial charge is 0.495 e. The first-order valence-corrected chi connectivity index (χ1v) is 7.91. The first-order valence-electron chi connectivity index (χ1n) is 7.53. The Morgan fingerprint density at radius 1 is 1.25 bits per heavy atom. The average Bonchev–Trinajstić information content (AvgIpc) is 2.46. The normalized spacial score (nSPS) is 27.2. The van der Waals surface area contributed by atoms with Crippen LogP contribution in [0.2, 0.25) is 5.02 Å². The summed E-state index contributed by atoms with van der Waals surface area (Å²) in [5, 5.41) is 0.697. The van der Waals surface area contributed by atoms with Crippen molar-refractivity contribution in [3.05, 3.63) is 23.2 Å². The molecule has 0 aromatic heterocycles. The van der Waals surface area contributed by atoms with E-state index in [4.69, 9.17) is 16.3 Å². The average molecular weight is 295 g/mol. The van der Waals surface area contributed by atoms with Crippen LogP contribution < -0.4 is 9.64 Å². The summed E-state index contributed by atoms with van der Waals surface area (Å²) in [5.74, 6) is 0.749. The van der Waals surface area contributed by atoms with E-state index >= 15 is 0 Å². The molecule has 2 aliphatic rings. The highest BCUT2D eigenvalue weighted by Crippen LogP contribution is 2.33. The zero-order valence-electron chi connectivity index (χ0n) is 12.3. The van der Waals surface area contributed by atoms with Crippen molar-refractivity contribution in [3.8, 4) is 5.75 Å². The minimum Gasteiger partial charge on any atom is -0.495 e. The Morgan fingerprint density at radius 2 is 2.10 bits per heavy atom. The van der Waals surface area contributed by atoms with Crippen molar-refractivity contribution in [2.45, 2.75) is 38.3 Å². The van der Waals surface area contributed by atoms with Crippen molar-refractivity contribution in [1.82, 2.24) is 4.90 Å². The van der Waals surface area contributed by atoms with Crippen LogP contribution in [-0.2, 0) is 0 Å². The lowest BCUT2D eigenvalue weighted by Gasteiger charge is -2.48. The van der Waals surface area contributed by atoms with Gasteiger partial charge in [-0.05, 0) is 44.5 Å².